The molecule has 2 heteroatoms. The molecule has 20 heavy (non-hydrogen) atoms. The molecule has 1 fully saturated rings. The third kappa shape index (κ3) is 2.32. The van der Waals surface area contributed by atoms with Crippen LogP contribution in [0.4, 0.5) is 0 Å². The van der Waals surface area contributed by atoms with Gasteiger partial charge in [0.2, 0.25) is 0 Å². The van der Waals surface area contributed by atoms with Crippen LogP contribution in [-0.4, -0.2) is 12.1 Å². The first-order valence-electron chi connectivity index (χ1n) is 7.15. The summed E-state index contributed by atoms with van der Waals surface area (Å²) in [5.74, 6) is 0.926. The zero-order valence-corrected chi connectivity index (χ0v) is 12.0. The maximum atomic E-state index is 6.05. The highest BCUT2D eigenvalue weighted by Gasteiger charge is 2.47. The predicted molar refractivity (Wildman–Crippen MR) is 82.7 cm³/mol. The Morgan fingerprint density at radius 1 is 0.950 bits per heavy atom. The first-order valence-corrected chi connectivity index (χ1v) is 7.15. The van der Waals surface area contributed by atoms with Gasteiger partial charge in [-0.15, -0.1) is 0 Å². The van der Waals surface area contributed by atoms with E-state index in [2.05, 4.69) is 50.2 Å². The van der Waals surface area contributed by atoms with Gasteiger partial charge < -0.3 is 10.5 Å². The zero-order valence-electron chi connectivity index (χ0n) is 12.0. The molecule has 0 heterocycles. The summed E-state index contributed by atoms with van der Waals surface area (Å²) in [6, 6.07) is 18.9. The number of ether oxygens (including phenoxy) is 1. The Balaban J connectivity index is 1.71. The summed E-state index contributed by atoms with van der Waals surface area (Å²) in [5, 5.41) is 0. The number of hydrogen-bond acceptors (Lipinski definition) is 2. The van der Waals surface area contributed by atoms with Crippen molar-refractivity contribution in [2.24, 2.45) is 11.1 Å². The lowest BCUT2D eigenvalue weighted by atomic mass is 9.65. The third-order valence-electron chi connectivity index (χ3n) is 4.49. The van der Waals surface area contributed by atoms with E-state index in [1.54, 1.807) is 0 Å². The summed E-state index contributed by atoms with van der Waals surface area (Å²) in [6.07, 6.45) is 1.16. The Morgan fingerprint density at radius 3 is 2.10 bits per heavy atom. The minimum absolute atomic E-state index is 0.0676. The van der Waals surface area contributed by atoms with Gasteiger partial charge in [-0.3, -0.25) is 0 Å². The molecule has 2 aromatic rings. The number of hydrogen-bond donors (Lipinski definition) is 1. The van der Waals surface area contributed by atoms with E-state index in [-0.39, 0.29) is 17.6 Å². The fraction of sp³-hybridized carbons (Fsp3) is 0.333. The maximum Gasteiger partial charge on any atom is 0.119 e. The molecule has 3 rings (SSSR count). The van der Waals surface area contributed by atoms with Crippen molar-refractivity contribution >= 4 is 0 Å². The minimum Gasteiger partial charge on any atom is -0.490 e. The normalized spacial score (nSPS) is 23.9. The van der Waals surface area contributed by atoms with Gasteiger partial charge in [0.1, 0.15) is 11.9 Å². The van der Waals surface area contributed by atoms with Crippen molar-refractivity contribution in [1.82, 2.24) is 0 Å². The van der Waals surface area contributed by atoms with Gasteiger partial charge in [-0.1, -0.05) is 56.3 Å². The van der Waals surface area contributed by atoms with Crippen molar-refractivity contribution in [3.8, 4) is 16.9 Å². The Kier molecular flexibility index (Phi) is 3.27. The molecule has 2 atom stereocenters. The molecule has 0 saturated heterocycles. The first-order chi connectivity index (χ1) is 9.57. The van der Waals surface area contributed by atoms with Crippen molar-refractivity contribution in [3.63, 3.8) is 0 Å². The molecule has 104 valence electrons. The molecule has 0 radical (unpaired) electrons. The Labute approximate surface area is 120 Å². The molecule has 1 aliphatic carbocycles. The fourth-order valence-electron chi connectivity index (χ4n) is 2.64. The van der Waals surface area contributed by atoms with Crippen LogP contribution >= 0.6 is 0 Å². The van der Waals surface area contributed by atoms with E-state index < -0.39 is 0 Å². The number of nitrogens with two attached hydrogens (primary N) is 1. The topological polar surface area (TPSA) is 35.2 Å². The standard InChI is InChI=1S/C18H21NO/c1-18(2)16(19)12-17(18)20-15-10-8-14(9-11-15)13-6-4-3-5-7-13/h3-11,16-17H,12,19H2,1-2H3. The average molecular weight is 267 g/mol. The smallest absolute Gasteiger partial charge is 0.119 e. The fourth-order valence-corrected chi connectivity index (χ4v) is 2.64. The molecule has 1 aliphatic rings. The van der Waals surface area contributed by atoms with Crippen LogP contribution in [-0.2, 0) is 0 Å². The summed E-state index contributed by atoms with van der Waals surface area (Å²) in [7, 11) is 0. The lowest BCUT2D eigenvalue weighted by Gasteiger charge is -2.49. The Bertz CT molecular complexity index is 574. The van der Waals surface area contributed by atoms with Crippen LogP contribution < -0.4 is 10.5 Å². The van der Waals surface area contributed by atoms with Gasteiger partial charge in [0.25, 0.3) is 0 Å². The molecular formula is C18H21NO. The highest BCUT2D eigenvalue weighted by atomic mass is 16.5. The second-order valence-electron chi connectivity index (χ2n) is 6.16. The maximum absolute atomic E-state index is 6.05. The van der Waals surface area contributed by atoms with Gasteiger partial charge in [0.15, 0.2) is 0 Å². The molecule has 0 aromatic heterocycles. The van der Waals surface area contributed by atoms with Crippen molar-refractivity contribution < 1.29 is 4.74 Å². The van der Waals surface area contributed by atoms with Crippen molar-refractivity contribution in [2.45, 2.75) is 32.4 Å². The number of benzene rings is 2. The monoisotopic (exact) mass is 267 g/mol. The van der Waals surface area contributed by atoms with E-state index in [4.69, 9.17) is 10.5 Å². The SMILES string of the molecule is CC1(C)C(N)CC1Oc1ccc(-c2ccccc2)cc1. The van der Waals surface area contributed by atoms with E-state index in [0.29, 0.717) is 0 Å². The lowest BCUT2D eigenvalue weighted by Crippen LogP contribution is -2.60. The van der Waals surface area contributed by atoms with E-state index in [9.17, 15) is 0 Å². The molecular weight excluding hydrogens is 246 g/mol. The van der Waals surface area contributed by atoms with Crippen LogP contribution in [0.3, 0.4) is 0 Å². The molecule has 2 N–H and O–H groups in total. The van der Waals surface area contributed by atoms with E-state index >= 15 is 0 Å². The first kappa shape index (κ1) is 13.2. The summed E-state index contributed by atoms with van der Waals surface area (Å²) < 4.78 is 6.05. The largest absolute Gasteiger partial charge is 0.490 e. The molecule has 2 aromatic carbocycles. The second kappa shape index (κ2) is 4.95. The third-order valence-corrected chi connectivity index (χ3v) is 4.49. The zero-order chi connectivity index (χ0) is 14.2. The molecule has 2 unspecified atom stereocenters. The van der Waals surface area contributed by atoms with E-state index in [1.807, 2.05) is 18.2 Å². The minimum atomic E-state index is 0.0676. The summed E-state index contributed by atoms with van der Waals surface area (Å²) >= 11 is 0. The van der Waals surface area contributed by atoms with Crippen LogP contribution in [0, 0.1) is 5.41 Å². The van der Waals surface area contributed by atoms with Crippen molar-refractivity contribution in [3.05, 3.63) is 54.6 Å². The van der Waals surface area contributed by atoms with E-state index in [0.717, 1.165) is 12.2 Å². The number of rotatable bonds is 3. The van der Waals surface area contributed by atoms with Crippen LogP contribution in [0.5, 0.6) is 5.75 Å². The molecule has 2 nitrogen and oxygen atoms in total. The highest BCUT2D eigenvalue weighted by molar-refractivity contribution is 5.63. The Hall–Kier alpha value is -1.80. The van der Waals surface area contributed by atoms with Crippen LogP contribution in [0.2, 0.25) is 0 Å². The Morgan fingerprint density at radius 2 is 1.55 bits per heavy atom. The molecule has 0 spiro atoms. The van der Waals surface area contributed by atoms with Gasteiger partial charge in [-0.05, 0) is 23.3 Å². The van der Waals surface area contributed by atoms with Gasteiger partial charge in [0.05, 0.1) is 0 Å². The van der Waals surface area contributed by atoms with Crippen molar-refractivity contribution in [1.29, 1.82) is 0 Å². The van der Waals surface area contributed by atoms with Crippen LogP contribution in [0.25, 0.3) is 11.1 Å². The molecule has 0 bridgehead atoms. The van der Waals surface area contributed by atoms with Crippen molar-refractivity contribution in [2.75, 3.05) is 0 Å². The van der Waals surface area contributed by atoms with Gasteiger partial charge in [-0.25, -0.2) is 0 Å². The van der Waals surface area contributed by atoms with Gasteiger partial charge in [-0.2, -0.15) is 0 Å². The molecule has 0 amide bonds. The highest BCUT2D eigenvalue weighted by Crippen LogP contribution is 2.41. The predicted octanol–water partition coefficient (Wildman–Crippen LogP) is 3.86. The lowest BCUT2D eigenvalue weighted by molar-refractivity contribution is -0.0399. The quantitative estimate of drug-likeness (QED) is 0.916. The molecule has 0 aliphatic heterocycles. The van der Waals surface area contributed by atoms with E-state index in [1.165, 1.54) is 11.1 Å². The van der Waals surface area contributed by atoms with Gasteiger partial charge in [0, 0.05) is 17.9 Å². The van der Waals surface area contributed by atoms with Crippen LogP contribution in [0.15, 0.2) is 54.6 Å². The summed E-state index contributed by atoms with van der Waals surface area (Å²) in [6.45, 7) is 4.34. The molecule has 1 saturated carbocycles. The van der Waals surface area contributed by atoms with Gasteiger partial charge >= 0.3 is 0 Å². The second-order valence-corrected chi connectivity index (χ2v) is 6.16. The van der Waals surface area contributed by atoms with Crippen LogP contribution in [0.1, 0.15) is 20.3 Å². The summed E-state index contributed by atoms with van der Waals surface area (Å²) in [5.41, 5.74) is 8.53. The summed E-state index contributed by atoms with van der Waals surface area (Å²) in [4.78, 5) is 0. The average Bonchev–Trinajstić information content (AvgIpc) is 2.48.